The fourth-order valence-electron chi connectivity index (χ4n) is 1.44. The van der Waals surface area contributed by atoms with Crippen molar-refractivity contribution in [1.82, 2.24) is 0 Å². The highest BCUT2D eigenvalue weighted by molar-refractivity contribution is 8.00. The third-order valence-corrected chi connectivity index (χ3v) is 4.02. The molecule has 1 aromatic carbocycles. The topological polar surface area (TPSA) is 58.6 Å². The van der Waals surface area contributed by atoms with Gasteiger partial charge in [-0.1, -0.05) is 32.0 Å². The molecule has 0 aromatic heterocycles. The number of nitrogens with two attached hydrogens (primary N) is 1. The highest BCUT2D eigenvalue weighted by Crippen LogP contribution is 2.33. The largest absolute Gasteiger partial charge is 0.409 e. The Labute approximate surface area is 111 Å². The van der Waals surface area contributed by atoms with E-state index in [-0.39, 0.29) is 5.84 Å². The van der Waals surface area contributed by atoms with E-state index in [2.05, 4.69) is 25.9 Å². The number of oxime groups is 1. The summed E-state index contributed by atoms with van der Waals surface area (Å²) in [6.07, 6.45) is 0. The molecule has 0 unspecified atom stereocenters. The predicted octanol–water partition coefficient (Wildman–Crippen LogP) is 3.39. The van der Waals surface area contributed by atoms with Gasteiger partial charge in [0.1, 0.15) is 0 Å². The Balaban J connectivity index is 3.24. The van der Waals surface area contributed by atoms with Crippen molar-refractivity contribution in [3.8, 4) is 0 Å². The molecule has 3 N–H and O–H groups in total. The van der Waals surface area contributed by atoms with Gasteiger partial charge in [0.25, 0.3) is 0 Å². The van der Waals surface area contributed by atoms with Gasteiger partial charge in [-0.15, -0.1) is 23.5 Å². The first kappa shape index (κ1) is 14.3. The molecule has 0 amide bonds. The maximum absolute atomic E-state index is 8.88. The summed E-state index contributed by atoms with van der Waals surface area (Å²) in [7, 11) is 0. The molecule has 94 valence electrons. The molecule has 0 radical (unpaired) electrons. The minimum Gasteiger partial charge on any atom is -0.409 e. The second kappa shape index (κ2) is 6.81. The molecule has 0 saturated carbocycles. The van der Waals surface area contributed by atoms with Gasteiger partial charge in [-0.2, -0.15) is 0 Å². The third kappa shape index (κ3) is 3.85. The highest BCUT2D eigenvalue weighted by Gasteiger charge is 2.14. The van der Waals surface area contributed by atoms with Crippen molar-refractivity contribution in [2.24, 2.45) is 10.9 Å². The predicted molar refractivity (Wildman–Crippen MR) is 76.3 cm³/mol. The van der Waals surface area contributed by atoms with Crippen molar-refractivity contribution < 1.29 is 5.21 Å². The van der Waals surface area contributed by atoms with Gasteiger partial charge in [-0.25, -0.2) is 0 Å². The van der Waals surface area contributed by atoms with Crippen molar-refractivity contribution >= 4 is 29.4 Å². The second-order valence-corrected chi connectivity index (χ2v) is 6.64. The summed E-state index contributed by atoms with van der Waals surface area (Å²) in [6.45, 7) is 6.34. The van der Waals surface area contributed by atoms with Crippen LogP contribution in [0.15, 0.2) is 33.1 Å². The Morgan fingerprint density at radius 3 is 2.59 bits per heavy atom. The Hall–Kier alpha value is -0.810. The van der Waals surface area contributed by atoms with Gasteiger partial charge in [0.2, 0.25) is 0 Å². The van der Waals surface area contributed by atoms with Gasteiger partial charge < -0.3 is 10.9 Å². The number of amidine groups is 1. The lowest BCUT2D eigenvalue weighted by Gasteiger charge is -2.14. The number of rotatable bonds is 5. The molecule has 0 aliphatic carbocycles. The van der Waals surface area contributed by atoms with Gasteiger partial charge in [-0.3, -0.25) is 0 Å². The lowest BCUT2D eigenvalue weighted by Crippen LogP contribution is -2.16. The Morgan fingerprint density at radius 2 is 2.06 bits per heavy atom. The number of hydrogen-bond acceptors (Lipinski definition) is 4. The van der Waals surface area contributed by atoms with Crippen LogP contribution >= 0.6 is 23.5 Å². The van der Waals surface area contributed by atoms with Crippen molar-refractivity contribution in [2.75, 3.05) is 5.75 Å². The number of benzene rings is 1. The Kier molecular flexibility index (Phi) is 5.71. The molecule has 0 fully saturated rings. The van der Waals surface area contributed by atoms with Crippen LogP contribution in [0.2, 0.25) is 0 Å². The van der Waals surface area contributed by atoms with Crippen LogP contribution in [0.5, 0.6) is 0 Å². The molecule has 0 saturated heterocycles. The van der Waals surface area contributed by atoms with Crippen LogP contribution in [-0.4, -0.2) is 22.0 Å². The standard InChI is InChI=1S/C12H18N2OS2/c1-4-16-9-6-5-7-10(17-8(2)3)11(9)12(13)14-15/h5-8,15H,4H2,1-3H3,(H2,13,14). The molecule has 0 atom stereocenters. The van der Waals surface area contributed by atoms with Gasteiger partial charge in [0.05, 0.1) is 0 Å². The summed E-state index contributed by atoms with van der Waals surface area (Å²) in [5, 5.41) is 12.5. The first-order chi connectivity index (χ1) is 8.10. The molecule has 1 aromatic rings. The van der Waals surface area contributed by atoms with Crippen LogP contribution in [0.4, 0.5) is 0 Å². The molecule has 17 heavy (non-hydrogen) atoms. The van der Waals surface area contributed by atoms with E-state index in [0.717, 1.165) is 21.1 Å². The smallest absolute Gasteiger partial charge is 0.172 e. The average molecular weight is 270 g/mol. The maximum Gasteiger partial charge on any atom is 0.172 e. The van der Waals surface area contributed by atoms with Crippen LogP contribution < -0.4 is 5.73 Å². The summed E-state index contributed by atoms with van der Waals surface area (Å²) in [5.74, 6) is 1.14. The van der Waals surface area contributed by atoms with E-state index in [9.17, 15) is 0 Å². The van der Waals surface area contributed by atoms with Crippen LogP contribution in [0.1, 0.15) is 26.3 Å². The number of nitrogens with zero attached hydrogens (tertiary/aromatic N) is 1. The Bertz CT molecular complexity index is 405. The molecule has 0 spiro atoms. The van der Waals surface area contributed by atoms with E-state index in [0.29, 0.717) is 5.25 Å². The molecule has 0 bridgehead atoms. The van der Waals surface area contributed by atoms with E-state index in [1.807, 2.05) is 18.2 Å². The first-order valence-electron chi connectivity index (χ1n) is 5.50. The zero-order chi connectivity index (χ0) is 12.8. The van der Waals surface area contributed by atoms with Crippen LogP contribution in [0, 0.1) is 0 Å². The number of hydrogen-bond donors (Lipinski definition) is 2. The van der Waals surface area contributed by atoms with Crippen LogP contribution in [0.25, 0.3) is 0 Å². The summed E-state index contributed by atoms with van der Waals surface area (Å²) in [6, 6.07) is 6.03. The van der Waals surface area contributed by atoms with Crippen LogP contribution in [-0.2, 0) is 0 Å². The van der Waals surface area contributed by atoms with Crippen molar-refractivity contribution in [3.05, 3.63) is 23.8 Å². The molecule has 0 aliphatic heterocycles. The number of thioether (sulfide) groups is 2. The van der Waals surface area contributed by atoms with Gasteiger partial charge >= 0.3 is 0 Å². The fraction of sp³-hybridized carbons (Fsp3) is 0.417. The van der Waals surface area contributed by atoms with Gasteiger partial charge in [-0.05, 0) is 17.9 Å². The quantitative estimate of drug-likeness (QED) is 0.283. The van der Waals surface area contributed by atoms with Gasteiger partial charge in [0, 0.05) is 20.6 Å². The normalized spacial score (nSPS) is 12.1. The van der Waals surface area contributed by atoms with Crippen LogP contribution in [0.3, 0.4) is 0 Å². The van der Waals surface area contributed by atoms with Crippen molar-refractivity contribution in [2.45, 2.75) is 35.8 Å². The minimum atomic E-state index is 0.185. The highest BCUT2D eigenvalue weighted by atomic mass is 32.2. The van der Waals surface area contributed by atoms with E-state index in [4.69, 9.17) is 10.9 Å². The molecule has 1 rings (SSSR count). The molecular weight excluding hydrogens is 252 g/mol. The minimum absolute atomic E-state index is 0.185. The fourth-order valence-corrected chi connectivity index (χ4v) is 3.35. The summed E-state index contributed by atoms with van der Waals surface area (Å²) < 4.78 is 0. The molecule has 5 heteroatoms. The zero-order valence-electron chi connectivity index (χ0n) is 10.3. The lowest BCUT2D eigenvalue weighted by atomic mass is 10.2. The molecule has 0 heterocycles. The van der Waals surface area contributed by atoms with E-state index in [1.54, 1.807) is 23.5 Å². The summed E-state index contributed by atoms with van der Waals surface area (Å²) >= 11 is 3.43. The van der Waals surface area contributed by atoms with Crippen molar-refractivity contribution in [1.29, 1.82) is 0 Å². The summed E-state index contributed by atoms with van der Waals surface area (Å²) in [5.41, 5.74) is 6.62. The van der Waals surface area contributed by atoms with E-state index in [1.165, 1.54) is 0 Å². The SMILES string of the molecule is CCSc1cccc(SC(C)C)c1/C(N)=N/O. The second-order valence-electron chi connectivity index (χ2n) is 3.71. The first-order valence-corrected chi connectivity index (χ1v) is 7.37. The monoisotopic (exact) mass is 270 g/mol. The zero-order valence-corrected chi connectivity index (χ0v) is 11.9. The van der Waals surface area contributed by atoms with E-state index >= 15 is 0 Å². The summed E-state index contributed by atoms with van der Waals surface area (Å²) in [4.78, 5) is 2.13. The molecule has 3 nitrogen and oxygen atoms in total. The average Bonchev–Trinajstić information content (AvgIpc) is 2.28. The molecule has 0 aliphatic rings. The molecular formula is C12H18N2OS2. The lowest BCUT2D eigenvalue weighted by molar-refractivity contribution is 0.318. The Morgan fingerprint density at radius 1 is 1.41 bits per heavy atom. The van der Waals surface area contributed by atoms with E-state index < -0.39 is 0 Å². The third-order valence-electron chi connectivity index (χ3n) is 2.01. The van der Waals surface area contributed by atoms with Crippen molar-refractivity contribution in [3.63, 3.8) is 0 Å². The van der Waals surface area contributed by atoms with Gasteiger partial charge in [0.15, 0.2) is 5.84 Å². The maximum atomic E-state index is 8.88.